The molecule has 0 atom stereocenters. The number of likely N-dealkylation sites (tertiary alicyclic amines) is 1. The van der Waals surface area contributed by atoms with E-state index in [4.69, 9.17) is 10.5 Å². The van der Waals surface area contributed by atoms with E-state index in [9.17, 15) is 18.0 Å². The molecule has 29 heavy (non-hydrogen) atoms. The highest BCUT2D eigenvalue weighted by atomic mass is 32.2. The lowest BCUT2D eigenvalue weighted by molar-refractivity contribution is -0.123. The largest absolute Gasteiger partial charge is 0.496 e. The third-order valence-electron chi connectivity index (χ3n) is 5.79. The van der Waals surface area contributed by atoms with Crippen molar-refractivity contribution in [1.29, 1.82) is 0 Å². The minimum Gasteiger partial charge on any atom is -0.496 e. The standard InChI is InChI=1S/C20H29N3O5S/c1-28-18-7-6-16(29(26,27)23-10-4-2-3-5-11-23)14-17(18)20(25)22-12-8-15(9-13-22)19(21)24/h6-7,14-15H,2-5,8-13H2,1H3,(H2,21,24). The Balaban J connectivity index is 1.85. The number of piperidine rings is 1. The molecule has 2 aliphatic heterocycles. The van der Waals surface area contributed by atoms with Crippen molar-refractivity contribution in [3.05, 3.63) is 23.8 Å². The van der Waals surface area contributed by atoms with Crippen molar-refractivity contribution in [2.75, 3.05) is 33.3 Å². The molecular formula is C20H29N3O5S. The molecule has 2 N–H and O–H groups in total. The first-order valence-corrected chi connectivity index (χ1v) is 11.6. The number of rotatable bonds is 5. The normalized spacial score (nSPS) is 19.6. The molecule has 3 rings (SSSR count). The van der Waals surface area contributed by atoms with Crippen LogP contribution in [0.3, 0.4) is 0 Å². The SMILES string of the molecule is COc1ccc(S(=O)(=O)N2CCCCCC2)cc1C(=O)N1CCC(C(N)=O)CC1. The van der Waals surface area contributed by atoms with Gasteiger partial charge in [-0.1, -0.05) is 12.8 Å². The zero-order valence-electron chi connectivity index (χ0n) is 16.8. The average molecular weight is 424 g/mol. The van der Waals surface area contributed by atoms with Crippen LogP contribution in [0, 0.1) is 5.92 Å². The van der Waals surface area contributed by atoms with E-state index >= 15 is 0 Å². The van der Waals surface area contributed by atoms with Crippen molar-refractivity contribution in [3.8, 4) is 5.75 Å². The van der Waals surface area contributed by atoms with Crippen LogP contribution in [-0.2, 0) is 14.8 Å². The lowest BCUT2D eigenvalue weighted by atomic mass is 9.96. The van der Waals surface area contributed by atoms with Gasteiger partial charge < -0.3 is 15.4 Å². The smallest absolute Gasteiger partial charge is 0.257 e. The number of nitrogens with two attached hydrogens (primary N) is 1. The van der Waals surface area contributed by atoms with Gasteiger partial charge in [-0.2, -0.15) is 4.31 Å². The van der Waals surface area contributed by atoms with Crippen LogP contribution >= 0.6 is 0 Å². The van der Waals surface area contributed by atoms with Gasteiger partial charge in [0.15, 0.2) is 0 Å². The maximum absolute atomic E-state index is 13.1. The van der Waals surface area contributed by atoms with E-state index in [1.165, 1.54) is 29.6 Å². The van der Waals surface area contributed by atoms with E-state index in [-0.39, 0.29) is 28.2 Å². The number of methoxy groups -OCH3 is 1. The minimum absolute atomic E-state index is 0.107. The van der Waals surface area contributed by atoms with Crippen LogP contribution in [0.5, 0.6) is 5.75 Å². The molecule has 0 aliphatic carbocycles. The van der Waals surface area contributed by atoms with E-state index in [0.717, 1.165) is 25.7 Å². The molecule has 2 amide bonds. The van der Waals surface area contributed by atoms with Gasteiger partial charge in [-0.25, -0.2) is 8.42 Å². The van der Waals surface area contributed by atoms with Crippen LogP contribution in [0.4, 0.5) is 0 Å². The van der Waals surface area contributed by atoms with Gasteiger partial charge in [0.1, 0.15) is 5.75 Å². The number of hydrogen-bond acceptors (Lipinski definition) is 5. The number of sulfonamides is 1. The topological polar surface area (TPSA) is 110 Å². The molecule has 1 aromatic carbocycles. The molecule has 0 saturated carbocycles. The van der Waals surface area contributed by atoms with Gasteiger partial charge in [-0.15, -0.1) is 0 Å². The van der Waals surface area contributed by atoms with Crippen LogP contribution in [0.2, 0.25) is 0 Å². The van der Waals surface area contributed by atoms with Crippen LogP contribution < -0.4 is 10.5 Å². The highest BCUT2D eigenvalue weighted by Crippen LogP contribution is 2.28. The first kappa shape index (κ1) is 21.6. The molecule has 1 aromatic rings. The van der Waals surface area contributed by atoms with Crippen molar-refractivity contribution >= 4 is 21.8 Å². The van der Waals surface area contributed by atoms with Crippen LogP contribution in [0.1, 0.15) is 48.9 Å². The van der Waals surface area contributed by atoms with Gasteiger partial charge in [0.25, 0.3) is 5.91 Å². The summed E-state index contributed by atoms with van der Waals surface area (Å²) in [6.07, 6.45) is 4.76. The number of hydrogen-bond donors (Lipinski definition) is 1. The first-order valence-electron chi connectivity index (χ1n) is 10.1. The lowest BCUT2D eigenvalue weighted by Crippen LogP contribution is -2.42. The van der Waals surface area contributed by atoms with Gasteiger partial charge in [0, 0.05) is 32.1 Å². The quantitative estimate of drug-likeness (QED) is 0.773. The summed E-state index contributed by atoms with van der Waals surface area (Å²) in [5, 5.41) is 0. The fourth-order valence-electron chi connectivity index (χ4n) is 3.98. The molecule has 160 valence electrons. The number of primary amides is 1. The zero-order valence-corrected chi connectivity index (χ0v) is 17.6. The van der Waals surface area contributed by atoms with Gasteiger partial charge in [-0.3, -0.25) is 9.59 Å². The molecule has 0 spiro atoms. The van der Waals surface area contributed by atoms with Gasteiger partial charge in [0.2, 0.25) is 15.9 Å². The van der Waals surface area contributed by atoms with E-state index in [1.807, 2.05) is 0 Å². The number of amides is 2. The maximum Gasteiger partial charge on any atom is 0.257 e. The van der Waals surface area contributed by atoms with Crippen molar-refractivity contribution in [1.82, 2.24) is 9.21 Å². The lowest BCUT2D eigenvalue weighted by Gasteiger charge is -2.31. The number of ether oxygens (including phenoxy) is 1. The fraction of sp³-hybridized carbons (Fsp3) is 0.600. The maximum atomic E-state index is 13.1. The summed E-state index contributed by atoms with van der Waals surface area (Å²) in [6, 6.07) is 4.45. The third kappa shape index (κ3) is 4.72. The molecule has 9 heteroatoms. The Hall–Kier alpha value is -2.13. The van der Waals surface area contributed by atoms with E-state index in [2.05, 4.69) is 0 Å². The highest BCUT2D eigenvalue weighted by molar-refractivity contribution is 7.89. The number of carbonyl (C=O) groups excluding carboxylic acids is 2. The second kappa shape index (κ2) is 9.13. The van der Waals surface area contributed by atoms with E-state index in [0.29, 0.717) is 44.8 Å². The second-order valence-corrected chi connectivity index (χ2v) is 9.59. The van der Waals surface area contributed by atoms with Crippen LogP contribution in [0.25, 0.3) is 0 Å². The van der Waals surface area contributed by atoms with Gasteiger partial charge >= 0.3 is 0 Å². The van der Waals surface area contributed by atoms with Crippen LogP contribution in [-0.4, -0.2) is 62.7 Å². The molecule has 2 saturated heterocycles. The summed E-state index contributed by atoms with van der Waals surface area (Å²) < 4.78 is 33.1. The summed E-state index contributed by atoms with van der Waals surface area (Å²) in [7, 11) is -2.22. The number of nitrogens with zero attached hydrogens (tertiary/aromatic N) is 2. The predicted octanol–water partition coefficient (Wildman–Crippen LogP) is 1.60. The zero-order chi connectivity index (χ0) is 21.0. The van der Waals surface area contributed by atoms with Gasteiger partial charge in [-0.05, 0) is 43.9 Å². The summed E-state index contributed by atoms with van der Waals surface area (Å²) in [4.78, 5) is 26.2. The molecule has 0 bridgehead atoms. The Morgan fingerprint density at radius 1 is 1.03 bits per heavy atom. The summed E-state index contributed by atoms with van der Waals surface area (Å²) in [6.45, 7) is 1.80. The van der Waals surface area contributed by atoms with Crippen molar-refractivity contribution < 1.29 is 22.7 Å². The third-order valence-corrected chi connectivity index (χ3v) is 7.68. The summed E-state index contributed by atoms with van der Waals surface area (Å²) >= 11 is 0. The summed E-state index contributed by atoms with van der Waals surface area (Å²) in [5.74, 6) is -0.532. The number of carbonyl (C=O) groups is 2. The first-order chi connectivity index (χ1) is 13.8. The second-order valence-electron chi connectivity index (χ2n) is 7.65. The Morgan fingerprint density at radius 2 is 1.66 bits per heavy atom. The number of benzene rings is 1. The Labute approximate surface area is 172 Å². The Kier molecular flexibility index (Phi) is 6.79. The predicted molar refractivity (Wildman–Crippen MR) is 108 cm³/mol. The van der Waals surface area contributed by atoms with Crippen LogP contribution in [0.15, 0.2) is 23.1 Å². The van der Waals surface area contributed by atoms with E-state index in [1.54, 1.807) is 4.90 Å². The molecular weight excluding hydrogens is 394 g/mol. The van der Waals surface area contributed by atoms with Crippen molar-refractivity contribution in [2.45, 2.75) is 43.4 Å². The molecule has 2 aliphatic rings. The molecule has 0 aromatic heterocycles. The van der Waals surface area contributed by atoms with Crippen molar-refractivity contribution in [2.24, 2.45) is 11.7 Å². The minimum atomic E-state index is -3.67. The molecule has 2 fully saturated rings. The molecule has 0 radical (unpaired) electrons. The van der Waals surface area contributed by atoms with Crippen molar-refractivity contribution in [3.63, 3.8) is 0 Å². The summed E-state index contributed by atoms with van der Waals surface area (Å²) in [5.41, 5.74) is 5.58. The Morgan fingerprint density at radius 3 is 2.21 bits per heavy atom. The fourth-order valence-corrected chi connectivity index (χ4v) is 5.53. The monoisotopic (exact) mass is 423 g/mol. The average Bonchev–Trinajstić information content (AvgIpc) is 3.03. The van der Waals surface area contributed by atoms with E-state index < -0.39 is 10.0 Å². The van der Waals surface area contributed by atoms with Gasteiger partial charge in [0.05, 0.1) is 17.6 Å². The Bertz CT molecular complexity index is 855. The highest BCUT2D eigenvalue weighted by Gasteiger charge is 2.30. The molecule has 8 nitrogen and oxygen atoms in total. The molecule has 2 heterocycles. The molecule has 0 unspecified atom stereocenters.